The number of fused-ring (bicyclic) bond motifs is 1. The average Bonchev–Trinajstić information content (AvgIpc) is 3.05. The summed E-state index contributed by atoms with van der Waals surface area (Å²) in [4.78, 5) is 26.9. The van der Waals surface area contributed by atoms with Crippen molar-refractivity contribution in [1.82, 2.24) is 19.9 Å². The number of nitrogens with one attached hydrogen (secondary N) is 2. The molecule has 2 unspecified atom stereocenters. The molecule has 160 valence electrons. The highest BCUT2D eigenvalue weighted by Gasteiger charge is 2.26. The zero-order valence-corrected chi connectivity index (χ0v) is 18.1. The number of hydrogen-bond donors (Lipinski definition) is 3. The number of nitrogens with zero attached hydrogens (tertiary/aromatic N) is 3. The first-order chi connectivity index (χ1) is 14.0. The number of pyridine rings is 1. The number of hydrogen-bond acceptors (Lipinski definition) is 6. The molecule has 3 aromatic heterocycles. The van der Waals surface area contributed by atoms with E-state index in [1.54, 1.807) is 13.1 Å². The summed E-state index contributed by atoms with van der Waals surface area (Å²) in [5.41, 5.74) is 0.918. The molecule has 0 aliphatic rings. The third-order valence-electron chi connectivity index (χ3n) is 4.47. The van der Waals surface area contributed by atoms with Gasteiger partial charge < -0.3 is 15.4 Å². The largest absolute Gasteiger partial charge is 0.481 e. The van der Waals surface area contributed by atoms with Crippen LogP contribution in [0.1, 0.15) is 34.6 Å². The third kappa shape index (κ3) is 4.69. The van der Waals surface area contributed by atoms with E-state index in [4.69, 9.17) is 0 Å². The molecule has 2 atom stereocenters. The molecular formula is C20H23F2N5O2S. The first kappa shape index (κ1) is 21.9. The molecular weight excluding hydrogens is 412 g/mol. The molecule has 0 aromatic carbocycles. The minimum atomic E-state index is -1.01. The second-order valence-corrected chi connectivity index (χ2v) is 9.86. The van der Waals surface area contributed by atoms with Crippen LogP contribution in [0, 0.1) is 17.6 Å². The first-order valence-corrected chi connectivity index (χ1v) is 10.2. The number of halogens is 2. The van der Waals surface area contributed by atoms with Gasteiger partial charge in [-0.15, -0.1) is 0 Å². The van der Waals surface area contributed by atoms with E-state index >= 15 is 4.39 Å². The molecule has 0 fully saturated rings. The summed E-state index contributed by atoms with van der Waals surface area (Å²) in [7, 11) is 0. The molecule has 3 heterocycles. The maximum absolute atomic E-state index is 15.2. The fraction of sp³-hybridized carbons (Fsp3) is 0.400. The van der Waals surface area contributed by atoms with Gasteiger partial charge in [0.2, 0.25) is 0 Å². The van der Waals surface area contributed by atoms with E-state index in [0.29, 0.717) is 16.6 Å². The van der Waals surface area contributed by atoms with Gasteiger partial charge >= 0.3 is 5.97 Å². The summed E-state index contributed by atoms with van der Waals surface area (Å²) in [5, 5.41) is 12.7. The van der Waals surface area contributed by atoms with E-state index in [-0.39, 0.29) is 21.4 Å². The lowest BCUT2D eigenvalue weighted by molar-refractivity contribution is -0.141. The van der Waals surface area contributed by atoms with Gasteiger partial charge in [0.25, 0.3) is 0 Å². The van der Waals surface area contributed by atoms with Gasteiger partial charge in [0.1, 0.15) is 16.5 Å². The number of anilines is 1. The van der Waals surface area contributed by atoms with Crippen molar-refractivity contribution in [3.63, 3.8) is 0 Å². The van der Waals surface area contributed by atoms with Crippen LogP contribution >= 0.6 is 11.8 Å². The molecule has 0 amide bonds. The molecule has 10 heteroatoms. The lowest BCUT2D eigenvalue weighted by Gasteiger charge is -2.22. The first-order valence-electron chi connectivity index (χ1n) is 9.35. The van der Waals surface area contributed by atoms with E-state index < -0.39 is 29.6 Å². The lowest BCUT2D eigenvalue weighted by atomic mass is 10.0. The highest BCUT2D eigenvalue weighted by Crippen LogP contribution is 2.36. The SMILES string of the molecule is CC(Nc1nc(-c2c[nH]c3ncc(F)cc23)nc(SC(C)(C)C)c1F)C(C)C(=O)O. The molecule has 3 rings (SSSR count). The van der Waals surface area contributed by atoms with Gasteiger partial charge in [-0.1, -0.05) is 32.5 Å². The highest BCUT2D eigenvalue weighted by atomic mass is 32.2. The molecule has 0 aliphatic heterocycles. The number of thioether (sulfide) groups is 1. The summed E-state index contributed by atoms with van der Waals surface area (Å²) in [5.74, 6) is -2.88. The number of aromatic nitrogens is 4. The van der Waals surface area contributed by atoms with Crippen LogP contribution < -0.4 is 5.32 Å². The number of H-pyrrole nitrogens is 1. The van der Waals surface area contributed by atoms with Crippen LogP contribution in [0.4, 0.5) is 14.6 Å². The summed E-state index contributed by atoms with van der Waals surface area (Å²) in [6.45, 7) is 8.94. The molecule has 7 nitrogen and oxygen atoms in total. The molecule has 30 heavy (non-hydrogen) atoms. The van der Waals surface area contributed by atoms with Gasteiger partial charge in [-0.3, -0.25) is 4.79 Å². The van der Waals surface area contributed by atoms with Crippen molar-refractivity contribution in [2.45, 2.75) is 50.4 Å². The average molecular weight is 436 g/mol. The number of carboxylic acids is 1. The van der Waals surface area contributed by atoms with Crippen LogP contribution in [-0.2, 0) is 4.79 Å². The van der Waals surface area contributed by atoms with Crippen LogP contribution in [0.5, 0.6) is 0 Å². The number of carbonyl (C=O) groups is 1. The smallest absolute Gasteiger partial charge is 0.308 e. The Morgan fingerprint density at radius 3 is 2.60 bits per heavy atom. The van der Waals surface area contributed by atoms with Gasteiger partial charge in [0.15, 0.2) is 17.5 Å². The van der Waals surface area contributed by atoms with Crippen LogP contribution in [0.3, 0.4) is 0 Å². The molecule has 0 bridgehead atoms. The second kappa shape index (κ2) is 8.17. The van der Waals surface area contributed by atoms with E-state index in [1.807, 2.05) is 20.8 Å². The minimum Gasteiger partial charge on any atom is -0.481 e. The molecule has 0 spiro atoms. The topological polar surface area (TPSA) is 104 Å². The third-order valence-corrected chi connectivity index (χ3v) is 5.54. The Hall–Kier alpha value is -2.75. The molecule has 3 N–H and O–H groups in total. The maximum Gasteiger partial charge on any atom is 0.308 e. The maximum atomic E-state index is 15.2. The Bertz CT molecular complexity index is 1100. The summed E-state index contributed by atoms with van der Waals surface area (Å²) in [6, 6.07) is 0.717. The van der Waals surface area contributed by atoms with Crippen LogP contribution in [0.25, 0.3) is 22.4 Å². The Morgan fingerprint density at radius 1 is 1.27 bits per heavy atom. The van der Waals surface area contributed by atoms with Crippen molar-refractivity contribution in [3.05, 3.63) is 30.1 Å². The Morgan fingerprint density at radius 2 is 1.97 bits per heavy atom. The van der Waals surface area contributed by atoms with Gasteiger partial charge in [-0.2, -0.15) is 4.39 Å². The van der Waals surface area contributed by atoms with E-state index in [0.717, 1.165) is 6.20 Å². The molecule has 0 saturated heterocycles. The molecule has 3 aromatic rings. The van der Waals surface area contributed by atoms with Gasteiger partial charge in [-0.25, -0.2) is 19.3 Å². The second-order valence-electron chi connectivity index (χ2n) is 8.04. The standard InChI is InChI=1S/C20H23F2N5O2S/c1-9(19(28)29)10(2)25-17-14(22)18(30-20(3,4)5)27-16(26-17)13-8-24-15-12(13)6-11(21)7-23-15/h6-10H,1-5H3,(H,23,24)(H,28,29)(H,25,26,27). The Labute approximate surface area is 176 Å². The van der Waals surface area contributed by atoms with Gasteiger partial charge in [0.05, 0.1) is 12.1 Å². The zero-order valence-electron chi connectivity index (χ0n) is 17.2. The quantitative estimate of drug-likeness (QED) is 0.380. The highest BCUT2D eigenvalue weighted by molar-refractivity contribution is 8.00. The van der Waals surface area contributed by atoms with Crippen molar-refractivity contribution in [1.29, 1.82) is 0 Å². The molecule has 0 saturated carbocycles. The fourth-order valence-corrected chi connectivity index (χ4v) is 3.62. The van der Waals surface area contributed by atoms with E-state index in [1.165, 1.54) is 24.8 Å². The fourth-order valence-electron chi connectivity index (χ4n) is 2.72. The minimum absolute atomic E-state index is 0.105. The predicted octanol–water partition coefficient (Wildman–Crippen LogP) is 4.71. The summed E-state index contributed by atoms with van der Waals surface area (Å²) >= 11 is 1.22. The monoisotopic (exact) mass is 435 g/mol. The van der Waals surface area contributed by atoms with Crippen molar-refractivity contribution >= 4 is 34.6 Å². The Balaban J connectivity index is 2.13. The van der Waals surface area contributed by atoms with E-state index in [2.05, 4.69) is 25.3 Å². The van der Waals surface area contributed by atoms with Gasteiger partial charge in [-0.05, 0) is 19.9 Å². The van der Waals surface area contributed by atoms with Crippen molar-refractivity contribution in [2.75, 3.05) is 5.32 Å². The molecule has 0 aliphatic carbocycles. The van der Waals surface area contributed by atoms with Gasteiger partial charge in [0, 0.05) is 27.9 Å². The normalized spacial score (nSPS) is 14.0. The van der Waals surface area contributed by atoms with Crippen LogP contribution in [0.15, 0.2) is 23.5 Å². The number of aliphatic carboxylic acids is 1. The van der Waals surface area contributed by atoms with Crippen molar-refractivity contribution in [3.8, 4) is 11.4 Å². The van der Waals surface area contributed by atoms with Crippen LogP contribution in [-0.4, -0.2) is 41.8 Å². The van der Waals surface area contributed by atoms with Crippen LogP contribution in [0.2, 0.25) is 0 Å². The summed E-state index contributed by atoms with van der Waals surface area (Å²) < 4.78 is 28.6. The lowest BCUT2D eigenvalue weighted by Crippen LogP contribution is -2.30. The number of rotatable bonds is 6. The molecule has 0 radical (unpaired) electrons. The summed E-state index contributed by atoms with van der Waals surface area (Å²) in [6.07, 6.45) is 2.68. The van der Waals surface area contributed by atoms with E-state index in [9.17, 15) is 14.3 Å². The predicted molar refractivity (Wildman–Crippen MR) is 113 cm³/mol. The van der Waals surface area contributed by atoms with Crippen molar-refractivity contribution in [2.24, 2.45) is 5.92 Å². The number of carboxylic acid groups (broad SMARTS) is 1. The Kier molecular flexibility index (Phi) is 5.98. The zero-order chi connectivity index (χ0) is 22.2. The van der Waals surface area contributed by atoms with Crippen molar-refractivity contribution < 1.29 is 18.7 Å². The number of aromatic amines is 1.